The first kappa shape index (κ1) is 14.3. The summed E-state index contributed by atoms with van der Waals surface area (Å²) in [6.07, 6.45) is 3.64. The minimum Gasteiger partial charge on any atom is -0.494 e. The molecule has 2 rings (SSSR count). The highest BCUT2D eigenvalue weighted by Gasteiger charge is 2.25. The predicted molar refractivity (Wildman–Crippen MR) is 72.9 cm³/mol. The molecule has 0 aliphatic heterocycles. The molecule has 0 radical (unpaired) electrons. The number of ether oxygens (including phenoxy) is 2. The van der Waals surface area contributed by atoms with E-state index in [2.05, 4.69) is 12.2 Å². The van der Waals surface area contributed by atoms with Gasteiger partial charge in [0.2, 0.25) is 0 Å². The van der Waals surface area contributed by atoms with Gasteiger partial charge in [0.05, 0.1) is 13.2 Å². The number of benzene rings is 1. The van der Waals surface area contributed by atoms with Gasteiger partial charge in [-0.05, 0) is 43.9 Å². The molecule has 19 heavy (non-hydrogen) atoms. The van der Waals surface area contributed by atoms with E-state index in [0.717, 1.165) is 24.8 Å². The predicted octanol–water partition coefficient (Wildman–Crippen LogP) is 3.05. The highest BCUT2D eigenvalue weighted by molar-refractivity contribution is 5.32. The number of nitrogens with one attached hydrogen (secondary N) is 1. The van der Waals surface area contributed by atoms with Gasteiger partial charge in [-0.1, -0.05) is 6.07 Å². The molecular weight excluding hydrogens is 245 g/mol. The van der Waals surface area contributed by atoms with Crippen LogP contribution in [0.4, 0.5) is 4.39 Å². The molecule has 4 heteroatoms. The molecule has 1 N–H and O–H groups in total. The largest absolute Gasteiger partial charge is 0.494 e. The van der Waals surface area contributed by atoms with Crippen LogP contribution in [0.5, 0.6) is 5.75 Å². The molecule has 3 unspecified atom stereocenters. The molecule has 0 aromatic heterocycles. The summed E-state index contributed by atoms with van der Waals surface area (Å²) in [5.74, 6) is -0.0221. The Bertz CT molecular complexity index is 425. The molecule has 1 aliphatic rings. The fraction of sp³-hybridized carbons (Fsp3) is 0.600. The van der Waals surface area contributed by atoms with Gasteiger partial charge in [-0.15, -0.1) is 0 Å². The second-order valence-corrected chi connectivity index (χ2v) is 5.15. The molecule has 1 aliphatic carbocycles. The van der Waals surface area contributed by atoms with E-state index < -0.39 is 0 Å². The minimum atomic E-state index is -0.321. The Morgan fingerprint density at radius 1 is 1.32 bits per heavy atom. The van der Waals surface area contributed by atoms with Crippen LogP contribution in [0.2, 0.25) is 0 Å². The van der Waals surface area contributed by atoms with Gasteiger partial charge in [0.1, 0.15) is 0 Å². The summed E-state index contributed by atoms with van der Waals surface area (Å²) in [6, 6.07) is 5.67. The summed E-state index contributed by atoms with van der Waals surface area (Å²) in [7, 11) is 3.25. The maximum Gasteiger partial charge on any atom is 0.165 e. The molecule has 1 saturated carbocycles. The second kappa shape index (κ2) is 6.35. The van der Waals surface area contributed by atoms with Gasteiger partial charge in [-0.25, -0.2) is 4.39 Å². The molecule has 3 nitrogen and oxygen atoms in total. The Morgan fingerprint density at radius 2 is 2.11 bits per heavy atom. The molecule has 3 atom stereocenters. The van der Waals surface area contributed by atoms with Crippen LogP contribution in [-0.2, 0) is 4.74 Å². The van der Waals surface area contributed by atoms with Crippen LogP contribution in [0.3, 0.4) is 0 Å². The topological polar surface area (TPSA) is 30.5 Å². The van der Waals surface area contributed by atoms with Gasteiger partial charge in [0.15, 0.2) is 11.6 Å². The van der Waals surface area contributed by atoms with Crippen molar-refractivity contribution >= 4 is 0 Å². The molecule has 1 fully saturated rings. The lowest BCUT2D eigenvalue weighted by Crippen LogP contribution is -2.30. The zero-order valence-electron chi connectivity index (χ0n) is 11.8. The standard InChI is InChI=1S/C15H22FNO2/c1-10(17-12-5-6-13(9-12)18-2)11-4-7-14(16)15(8-11)19-3/h4,7-8,10,12-13,17H,5-6,9H2,1-3H3. The van der Waals surface area contributed by atoms with Crippen molar-refractivity contribution in [3.05, 3.63) is 29.6 Å². The molecular formula is C15H22FNO2. The molecule has 0 heterocycles. The summed E-state index contributed by atoms with van der Waals surface area (Å²) in [5.41, 5.74) is 1.04. The monoisotopic (exact) mass is 267 g/mol. The van der Waals surface area contributed by atoms with E-state index in [1.165, 1.54) is 13.2 Å². The number of hydrogen-bond donors (Lipinski definition) is 1. The van der Waals surface area contributed by atoms with E-state index in [0.29, 0.717) is 17.9 Å². The lowest BCUT2D eigenvalue weighted by Gasteiger charge is -2.20. The fourth-order valence-electron chi connectivity index (χ4n) is 2.70. The van der Waals surface area contributed by atoms with Crippen molar-refractivity contribution in [1.29, 1.82) is 0 Å². The van der Waals surface area contributed by atoms with Crippen molar-refractivity contribution in [2.75, 3.05) is 14.2 Å². The summed E-state index contributed by atoms with van der Waals surface area (Å²) < 4.78 is 23.8. The summed E-state index contributed by atoms with van der Waals surface area (Å²) in [5, 5.41) is 3.57. The van der Waals surface area contributed by atoms with Crippen LogP contribution in [-0.4, -0.2) is 26.4 Å². The maximum atomic E-state index is 13.4. The van der Waals surface area contributed by atoms with Crippen LogP contribution in [0.1, 0.15) is 37.8 Å². The maximum absolute atomic E-state index is 13.4. The molecule has 0 saturated heterocycles. The highest BCUT2D eigenvalue weighted by Crippen LogP contribution is 2.26. The van der Waals surface area contributed by atoms with Crippen LogP contribution in [0.25, 0.3) is 0 Å². The first-order valence-electron chi connectivity index (χ1n) is 6.76. The lowest BCUT2D eigenvalue weighted by molar-refractivity contribution is 0.106. The Balaban J connectivity index is 1.98. The number of hydrogen-bond acceptors (Lipinski definition) is 3. The van der Waals surface area contributed by atoms with Gasteiger partial charge in [0.25, 0.3) is 0 Å². The normalized spacial score (nSPS) is 24.4. The van der Waals surface area contributed by atoms with E-state index in [-0.39, 0.29) is 11.9 Å². The SMILES string of the molecule is COc1cc(C(C)NC2CCC(OC)C2)ccc1F. The zero-order chi connectivity index (χ0) is 13.8. The second-order valence-electron chi connectivity index (χ2n) is 5.15. The molecule has 0 amide bonds. The summed E-state index contributed by atoms with van der Waals surface area (Å²) in [6.45, 7) is 2.09. The van der Waals surface area contributed by atoms with Crippen LogP contribution in [0.15, 0.2) is 18.2 Å². The van der Waals surface area contributed by atoms with Gasteiger partial charge in [-0.3, -0.25) is 0 Å². The molecule has 1 aromatic rings. The van der Waals surface area contributed by atoms with Crippen LogP contribution >= 0.6 is 0 Å². The first-order chi connectivity index (χ1) is 9.13. The van der Waals surface area contributed by atoms with Gasteiger partial charge >= 0.3 is 0 Å². The number of rotatable bonds is 5. The highest BCUT2D eigenvalue weighted by atomic mass is 19.1. The Morgan fingerprint density at radius 3 is 2.74 bits per heavy atom. The number of methoxy groups -OCH3 is 2. The van der Waals surface area contributed by atoms with Crippen molar-refractivity contribution in [2.24, 2.45) is 0 Å². The lowest BCUT2D eigenvalue weighted by atomic mass is 10.1. The Kier molecular flexibility index (Phi) is 4.77. The minimum absolute atomic E-state index is 0.176. The summed E-state index contributed by atoms with van der Waals surface area (Å²) in [4.78, 5) is 0. The third-order valence-corrected chi connectivity index (χ3v) is 3.88. The smallest absolute Gasteiger partial charge is 0.165 e. The van der Waals surface area contributed by atoms with E-state index >= 15 is 0 Å². The molecule has 106 valence electrons. The van der Waals surface area contributed by atoms with Crippen molar-refractivity contribution in [3.63, 3.8) is 0 Å². The van der Waals surface area contributed by atoms with E-state index in [1.807, 2.05) is 0 Å². The fourth-order valence-corrected chi connectivity index (χ4v) is 2.70. The van der Waals surface area contributed by atoms with Gasteiger partial charge < -0.3 is 14.8 Å². The molecule has 0 bridgehead atoms. The number of halogens is 1. The Labute approximate surface area is 114 Å². The first-order valence-corrected chi connectivity index (χ1v) is 6.76. The van der Waals surface area contributed by atoms with Crippen molar-refractivity contribution in [3.8, 4) is 5.75 Å². The molecule has 0 spiro atoms. The average molecular weight is 267 g/mol. The third kappa shape index (κ3) is 3.45. The van der Waals surface area contributed by atoms with E-state index in [4.69, 9.17) is 9.47 Å². The van der Waals surface area contributed by atoms with Crippen molar-refractivity contribution in [2.45, 2.75) is 44.4 Å². The molecule has 1 aromatic carbocycles. The van der Waals surface area contributed by atoms with Gasteiger partial charge in [-0.2, -0.15) is 0 Å². The third-order valence-electron chi connectivity index (χ3n) is 3.88. The van der Waals surface area contributed by atoms with Crippen molar-refractivity contribution < 1.29 is 13.9 Å². The van der Waals surface area contributed by atoms with Crippen LogP contribution in [0, 0.1) is 5.82 Å². The quantitative estimate of drug-likeness (QED) is 0.889. The zero-order valence-corrected chi connectivity index (χ0v) is 11.8. The van der Waals surface area contributed by atoms with E-state index in [1.54, 1.807) is 19.2 Å². The van der Waals surface area contributed by atoms with Gasteiger partial charge in [0, 0.05) is 19.2 Å². The van der Waals surface area contributed by atoms with Crippen LogP contribution < -0.4 is 10.1 Å². The van der Waals surface area contributed by atoms with Crippen molar-refractivity contribution in [1.82, 2.24) is 5.32 Å². The summed E-state index contributed by atoms with van der Waals surface area (Å²) >= 11 is 0. The van der Waals surface area contributed by atoms with E-state index in [9.17, 15) is 4.39 Å². The average Bonchev–Trinajstić information content (AvgIpc) is 2.86. The Hall–Kier alpha value is -1.13.